The summed E-state index contributed by atoms with van der Waals surface area (Å²) in [6, 6.07) is 29.0. The van der Waals surface area contributed by atoms with Gasteiger partial charge in [-0.15, -0.1) is 0 Å². The van der Waals surface area contributed by atoms with Crippen molar-refractivity contribution < 1.29 is 19.1 Å². The van der Waals surface area contributed by atoms with Gasteiger partial charge in [0.15, 0.2) is 0 Å². The summed E-state index contributed by atoms with van der Waals surface area (Å²) in [4.78, 5) is 39.2. The van der Waals surface area contributed by atoms with Crippen LogP contribution in [-0.4, -0.2) is 72.6 Å². The first-order chi connectivity index (χ1) is 22.6. The highest BCUT2D eigenvalue weighted by molar-refractivity contribution is 5.96. The number of hydrogen-bond acceptors (Lipinski definition) is 6. The highest BCUT2D eigenvalue weighted by atomic mass is 16.5. The summed E-state index contributed by atoms with van der Waals surface area (Å²) in [6.07, 6.45) is 6.36. The van der Waals surface area contributed by atoms with Crippen LogP contribution in [0.3, 0.4) is 0 Å². The lowest BCUT2D eigenvalue weighted by atomic mass is 9.97. The minimum Gasteiger partial charge on any atom is -0.497 e. The number of aromatic nitrogens is 1. The van der Waals surface area contributed by atoms with E-state index in [9.17, 15) is 9.59 Å². The third-order valence-corrected chi connectivity index (χ3v) is 8.69. The predicted molar refractivity (Wildman–Crippen MR) is 179 cm³/mol. The van der Waals surface area contributed by atoms with Crippen LogP contribution in [0.4, 0.5) is 5.82 Å². The molecule has 236 valence electrons. The van der Waals surface area contributed by atoms with Crippen LogP contribution in [0.25, 0.3) is 6.08 Å². The van der Waals surface area contributed by atoms with E-state index in [0.717, 1.165) is 53.3 Å². The molecule has 3 heterocycles. The number of rotatable bonds is 10. The molecule has 0 bridgehead atoms. The van der Waals surface area contributed by atoms with E-state index >= 15 is 0 Å². The molecule has 2 aliphatic rings. The van der Waals surface area contributed by atoms with Gasteiger partial charge in [-0.3, -0.25) is 9.59 Å². The largest absolute Gasteiger partial charge is 0.497 e. The SMILES string of the molecule is COc1ccc(/C=C/C(=O)N(Cc2ccc(N3CCOCC3)nc2)[C@@H](Cc2ccccc2)C(=O)N2CCc3ccccc3C2)cc1. The fraction of sp³-hybridized carbons (Fsp3) is 0.289. The van der Waals surface area contributed by atoms with Gasteiger partial charge in [0.05, 0.1) is 20.3 Å². The zero-order chi connectivity index (χ0) is 31.7. The van der Waals surface area contributed by atoms with Gasteiger partial charge in [-0.1, -0.05) is 72.8 Å². The Morgan fingerprint density at radius 2 is 1.63 bits per heavy atom. The monoisotopic (exact) mass is 616 g/mol. The highest BCUT2D eigenvalue weighted by Gasteiger charge is 2.34. The van der Waals surface area contributed by atoms with Crippen molar-refractivity contribution in [2.24, 2.45) is 0 Å². The van der Waals surface area contributed by atoms with Crippen molar-refractivity contribution in [2.75, 3.05) is 44.9 Å². The van der Waals surface area contributed by atoms with E-state index in [4.69, 9.17) is 14.5 Å². The molecule has 0 radical (unpaired) electrons. The lowest BCUT2D eigenvalue weighted by Gasteiger charge is -2.37. The van der Waals surface area contributed by atoms with Crippen LogP contribution in [0.1, 0.15) is 27.8 Å². The highest BCUT2D eigenvalue weighted by Crippen LogP contribution is 2.24. The molecule has 1 fully saturated rings. The summed E-state index contributed by atoms with van der Waals surface area (Å²) in [7, 11) is 1.62. The van der Waals surface area contributed by atoms with Gasteiger partial charge in [0.2, 0.25) is 11.8 Å². The Kier molecular flexibility index (Phi) is 10.0. The summed E-state index contributed by atoms with van der Waals surface area (Å²) >= 11 is 0. The van der Waals surface area contributed by atoms with Crippen molar-refractivity contribution in [2.45, 2.75) is 32.0 Å². The first-order valence-electron chi connectivity index (χ1n) is 15.9. The van der Waals surface area contributed by atoms with Crippen molar-refractivity contribution in [1.82, 2.24) is 14.8 Å². The molecule has 0 aliphatic carbocycles. The second-order valence-electron chi connectivity index (χ2n) is 11.7. The molecule has 3 aromatic carbocycles. The van der Waals surface area contributed by atoms with Crippen molar-refractivity contribution in [3.8, 4) is 5.75 Å². The molecule has 6 rings (SSSR count). The second-order valence-corrected chi connectivity index (χ2v) is 11.7. The van der Waals surface area contributed by atoms with Crippen LogP contribution < -0.4 is 9.64 Å². The molecule has 0 saturated carbocycles. The Labute approximate surface area is 270 Å². The number of methoxy groups -OCH3 is 1. The average molecular weight is 617 g/mol. The Hall–Kier alpha value is -4.95. The first-order valence-corrected chi connectivity index (χ1v) is 15.9. The number of carbonyl (C=O) groups is 2. The number of amides is 2. The van der Waals surface area contributed by atoms with Crippen LogP contribution in [0.5, 0.6) is 5.75 Å². The fourth-order valence-corrected chi connectivity index (χ4v) is 6.07. The molecular weight excluding hydrogens is 576 g/mol. The molecule has 1 atom stereocenters. The molecule has 2 aliphatic heterocycles. The van der Waals surface area contributed by atoms with Gasteiger partial charge in [-0.2, -0.15) is 0 Å². The van der Waals surface area contributed by atoms with Crippen LogP contribution in [0, 0.1) is 0 Å². The van der Waals surface area contributed by atoms with Gasteiger partial charge in [-0.25, -0.2) is 4.98 Å². The lowest BCUT2D eigenvalue weighted by molar-refractivity contribution is -0.144. The summed E-state index contributed by atoms with van der Waals surface area (Å²) < 4.78 is 10.8. The summed E-state index contributed by atoms with van der Waals surface area (Å²) in [5.74, 6) is 1.34. The topological polar surface area (TPSA) is 75.2 Å². The van der Waals surface area contributed by atoms with E-state index < -0.39 is 6.04 Å². The lowest BCUT2D eigenvalue weighted by Crippen LogP contribution is -2.52. The normalized spacial score (nSPS) is 15.3. The van der Waals surface area contributed by atoms with Crippen LogP contribution in [-0.2, 0) is 40.3 Å². The zero-order valence-corrected chi connectivity index (χ0v) is 26.3. The summed E-state index contributed by atoms with van der Waals surface area (Å²) in [5, 5.41) is 0. The molecule has 1 saturated heterocycles. The molecule has 8 heteroatoms. The molecule has 46 heavy (non-hydrogen) atoms. The molecule has 1 aromatic heterocycles. The molecule has 0 N–H and O–H groups in total. The number of nitrogens with zero attached hydrogens (tertiary/aromatic N) is 4. The third-order valence-electron chi connectivity index (χ3n) is 8.69. The number of carbonyl (C=O) groups excluding carboxylic acids is 2. The molecule has 2 amide bonds. The van der Waals surface area contributed by atoms with Crippen molar-refractivity contribution in [3.63, 3.8) is 0 Å². The van der Waals surface area contributed by atoms with E-state index in [1.54, 1.807) is 24.2 Å². The van der Waals surface area contributed by atoms with E-state index in [2.05, 4.69) is 17.0 Å². The average Bonchev–Trinajstić information content (AvgIpc) is 3.13. The minimum absolute atomic E-state index is 0.0533. The number of benzene rings is 3. The van der Waals surface area contributed by atoms with Gasteiger partial charge >= 0.3 is 0 Å². The number of pyridine rings is 1. The van der Waals surface area contributed by atoms with Crippen LogP contribution >= 0.6 is 0 Å². The van der Waals surface area contributed by atoms with Gasteiger partial charge in [0.1, 0.15) is 17.6 Å². The van der Waals surface area contributed by atoms with Gasteiger partial charge in [0.25, 0.3) is 0 Å². The number of fused-ring (bicyclic) bond motifs is 1. The van der Waals surface area contributed by atoms with Gasteiger partial charge in [-0.05, 0) is 58.5 Å². The Bertz CT molecular complexity index is 1630. The smallest absolute Gasteiger partial charge is 0.247 e. The number of hydrogen-bond donors (Lipinski definition) is 0. The Morgan fingerprint density at radius 1 is 0.891 bits per heavy atom. The number of ether oxygens (including phenoxy) is 2. The van der Waals surface area contributed by atoms with Crippen molar-refractivity contribution >= 4 is 23.7 Å². The van der Waals surface area contributed by atoms with Gasteiger partial charge in [0, 0.05) is 51.4 Å². The molecule has 8 nitrogen and oxygen atoms in total. The first kappa shape index (κ1) is 31.0. The number of morpholine rings is 1. The van der Waals surface area contributed by atoms with E-state index in [-0.39, 0.29) is 18.4 Å². The van der Waals surface area contributed by atoms with Crippen molar-refractivity contribution in [1.29, 1.82) is 0 Å². The maximum Gasteiger partial charge on any atom is 0.247 e. The maximum absolute atomic E-state index is 14.5. The Balaban J connectivity index is 1.32. The molecule has 0 unspecified atom stereocenters. The molecular formula is C38H40N4O4. The van der Waals surface area contributed by atoms with Crippen LogP contribution in [0.15, 0.2) is 103 Å². The Morgan fingerprint density at radius 3 is 2.35 bits per heavy atom. The fourth-order valence-electron chi connectivity index (χ4n) is 6.07. The molecule has 0 spiro atoms. The van der Waals surface area contributed by atoms with E-state index in [0.29, 0.717) is 32.7 Å². The maximum atomic E-state index is 14.5. The minimum atomic E-state index is -0.709. The van der Waals surface area contributed by atoms with E-state index in [1.165, 1.54) is 5.56 Å². The van der Waals surface area contributed by atoms with Crippen LogP contribution in [0.2, 0.25) is 0 Å². The number of anilines is 1. The van der Waals surface area contributed by atoms with Gasteiger partial charge < -0.3 is 24.2 Å². The quantitative estimate of drug-likeness (QED) is 0.229. The van der Waals surface area contributed by atoms with E-state index in [1.807, 2.05) is 90.0 Å². The predicted octanol–water partition coefficient (Wildman–Crippen LogP) is 5.17. The zero-order valence-electron chi connectivity index (χ0n) is 26.3. The standard InChI is InChI=1S/C38H40N4O4/c1-45-34-15-11-29(12-16-34)14-18-37(43)42(27-31-13-17-36(39-26-31)40-21-23-46-24-22-40)35(25-30-7-3-2-4-8-30)38(44)41-20-19-32-9-5-6-10-33(32)28-41/h2-18,26,35H,19-25,27-28H2,1H3/b18-14+/t35-/m0/s1. The summed E-state index contributed by atoms with van der Waals surface area (Å²) in [6.45, 7) is 4.32. The third kappa shape index (κ3) is 7.64. The second kappa shape index (κ2) is 14.9. The summed E-state index contributed by atoms with van der Waals surface area (Å²) in [5.41, 5.74) is 5.15. The van der Waals surface area contributed by atoms with Crippen molar-refractivity contribution in [3.05, 3.63) is 131 Å². The molecule has 4 aromatic rings.